The molecule has 162 valence electrons. The molecule has 0 bridgehead atoms. The second kappa shape index (κ2) is 6.99. The SMILES string of the molecule is Cn1c(CNC2(C)CCC2)cc2cc3c(cc21)CCCc1c-3[nH]c(=O)c(C(=O)O)c1O. The quantitative estimate of drug-likeness (QED) is 0.516. The smallest absolute Gasteiger partial charge is 0.345 e. The highest BCUT2D eigenvalue weighted by Gasteiger charge is 2.31. The Bertz CT molecular complexity index is 1280. The molecule has 0 unspecified atom stereocenters. The van der Waals surface area contributed by atoms with Crippen LogP contribution in [-0.2, 0) is 26.4 Å². The Morgan fingerprint density at radius 1 is 1.23 bits per heavy atom. The summed E-state index contributed by atoms with van der Waals surface area (Å²) in [4.78, 5) is 26.6. The number of aromatic amines is 1. The van der Waals surface area contributed by atoms with Crippen molar-refractivity contribution < 1.29 is 15.0 Å². The average Bonchev–Trinajstić information content (AvgIpc) is 2.88. The number of benzene rings is 1. The molecule has 0 aliphatic heterocycles. The molecule has 0 saturated heterocycles. The van der Waals surface area contributed by atoms with Gasteiger partial charge in [0.25, 0.3) is 5.56 Å². The first-order valence-electron chi connectivity index (χ1n) is 10.9. The lowest BCUT2D eigenvalue weighted by Gasteiger charge is -2.39. The lowest BCUT2D eigenvalue weighted by molar-refractivity contribution is 0.0691. The normalized spacial score (nSPS) is 17.0. The molecular formula is C24H27N3O4. The predicted octanol–water partition coefficient (Wildman–Crippen LogP) is 3.46. The van der Waals surface area contributed by atoms with Crippen LogP contribution >= 0.6 is 0 Å². The molecule has 1 fully saturated rings. The summed E-state index contributed by atoms with van der Waals surface area (Å²) in [6.45, 7) is 3.06. The van der Waals surface area contributed by atoms with Crippen LogP contribution in [0.25, 0.3) is 22.2 Å². The van der Waals surface area contributed by atoms with Crippen LogP contribution in [-0.4, -0.2) is 31.3 Å². The van der Waals surface area contributed by atoms with Crippen molar-refractivity contribution in [3.8, 4) is 17.0 Å². The number of fused-ring (bicyclic) bond motifs is 4. The molecular weight excluding hydrogens is 394 g/mol. The number of hydrogen-bond acceptors (Lipinski definition) is 4. The van der Waals surface area contributed by atoms with Gasteiger partial charge in [-0.3, -0.25) is 4.79 Å². The fourth-order valence-corrected chi connectivity index (χ4v) is 5.04. The second-order valence-corrected chi connectivity index (χ2v) is 9.22. The number of aromatic nitrogens is 2. The van der Waals surface area contributed by atoms with Gasteiger partial charge in [0.05, 0.1) is 5.69 Å². The minimum absolute atomic E-state index is 0.228. The molecule has 2 aliphatic carbocycles. The fraction of sp³-hybridized carbons (Fsp3) is 0.417. The molecule has 31 heavy (non-hydrogen) atoms. The number of pyridine rings is 1. The Balaban J connectivity index is 1.62. The van der Waals surface area contributed by atoms with Crippen molar-refractivity contribution in [2.24, 2.45) is 7.05 Å². The number of hydrogen-bond donors (Lipinski definition) is 4. The van der Waals surface area contributed by atoms with Gasteiger partial charge in [0, 0.05) is 46.9 Å². The largest absolute Gasteiger partial charge is 0.506 e. The molecule has 4 N–H and O–H groups in total. The molecule has 3 aromatic rings. The van der Waals surface area contributed by atoms with Crippen molar-refractivity contribution in [2.75, 3.05) is 0 Å². The number of carboxylic acids is 1. The number of carboxylic acid groups (broad SMARTS) is 1. The summed E-state index contributed by atoms with van der Waals surface area (Å²) in [6.07, 6.45) is 5.76. The van der Waals surface area contributed by atoms with E-state index in [1.54, 1.807) is 0 Å². The lowest BCUT2D eigenvalue weighted by Crippen LogP contribution is -2.47. The van der Waals surface area contributed by atoms with Crippen LogP contribution in [0.2, 0.25) is 0 Å². The van der Waals surface area contributed by atoms with Gasteiger partial charge in [-0.05, 0) is 69.2 Å². The monoisotopic (exact) mass is 421 g/mol. The Morgan fingerprint density at radius 3 is 2.68 bits per heavy atom. The van der Waals surface area contributed by atoms with Crippen molar-refractivity contribution in [2.45, 2.75) is 57.5 Å². The minimum atomic E-state index is -1.41. The van der Waals surface area contributed by atoms with Gasteiger partial charge in [-0.15, -0.1) is 0 Å². The van der Waals surface area contributed by atoms with E-state index in [1.165, 1.54) is 25.0 Å². The Kier molecular flexibility index (Phi) is 4.48. The fourth-order valence-electron chi connectivity index (χ4n) is 5.04. The predicted molar refractivity (Wildman–Crippen MR) is 119 cm³/mol. The Morgan fingerprint density at radius 2 is 2.00 bits per heavy atom. The van der Waals surface area contributed by atoms with E-state index in [1.807, 2.05) is 0 Å². The highest BCUT2D eigenvalue weighted by Crippen LogP contribution is 2.38. The molecule has 7 heteroatoms. The first kappa shape index (κ1) is 19.9. The van der Waals surface area contributed by atoms with E-state index < -0.39 is 22.8 Å². The summed E-state index contributed by atoms with van der Waals surface area (Å²) in [5.74, 6) is -1.83. The van der Waals surface area contributed by atoms with Crippen molar-refractivity contribution in [1.82, 2.24) is 14.9 Å². The summed E-state index contributed by atoms with van der Waals surface area (Å²) in [6, 6.07) is 6.38. The highest BCUT2D eigenvalue weighted by atomic mass is 16.4. The number of rotatable bonds is 4. The topological polar surface area (TPSA) is 107 Å². The summed E-state index contributed by atoms with van der Waals surface area (Å²) in [5, 5.41) is 24.6. The molecule has 0 atom stereocenters. The zero-order chi connectivity index (χ0) is 21.9. The van der Waals surface area contributed by atoms with Crippen LogP contribution in [0.4, 0.5) is 0 Å². The average molecular weight is 421 g/mol. The molecule has 1 aromatic carbocycles. The van der Waals surface area contributed by atoms with E-state index >= 15 is 0 Å². The number of nitrogens with one attached hydrogen (secondary N) is 2. The summed E-state index contributed by atoms with van der Waals surface area (Å²) < 4.78 is 2.21. The van der Waals surface area contributed by atoms with Crippen molar-refractivity contribution in [3.63, 3.8) is 0 Å². The summed E-state index contributed by atoms with van der Waals surface area (Å²) in [7, 11) is 2.08. The zero-order valence-corrected chi connectivity index (χ0v) is 17.8. The summed E-state index contributed by atoms with van der Waals surface area (Å²) >= 11 is 0. The first-order chi connectivity index (χ1) is 14.8. The van der Waals surface area contributed by atoms with Gasteiger partial charge < -0.3 is 25.1 Å². The molecule has 0 spiro atoms. The van der Waals surface area contributed by atoms with Gasteiger partial charge in [-0.25, -0.2) is 4.79 Å². The van der Waals surface area contributed by atoms with Crippen LogP contribution in [0.1, 0.15) is 59.8 Å². The van der Waals surface area contributed by atoms with Crippen molar-refractivity contribution in [3.05, 3.63) is 50.9 Å². The Hall–Kier alpha value is -3.06. The molecule has 5 rings (SSSR count). The third-order valence-electron chi connectivity index (χ3n) is 7.17. The van der Waals surface area contributed by atoms with E-state index in [-0.39, 0.29) is 5.54 Å². The number of H-pyrrole nitrogens is 1. The lowest BCUT2D eigenvalue weighted by atomic mass is 9.78. The molecule has 0 amide bonds. The van der Waals surface area contributed by atoms with Crippen LogP contribution < -0.4 is 10.9 Å². The second-order valence-electron chi connectivity index (χ2n) is 9.22. The molecule has 7 nitrogen and oxygen atoms in total. The van der Waals surface area contributed by atoms with Gasteiger partial charge in [0.2, 0.25) is 0 Å². The maximum atomic E-state index is 12.4. The number of aromatic carboxylic acids is 1. The molecule has 2 heterocycles. The van der Waals surface area contributed by atoms with Crippen LogP contribution in [0.5, 0.6) is 5.75 Å². The number of aromatic hydroxyl groups is 1. The minimum Gasteiger partial charge on any atom is -0.506 e. The van der Waals surface area contributed by atoms with Crippen LogP contribution in [0, 0.1) is 0 Å². The Labute approximate surface area is 179 Å². The van der Waals surface area contributed by atoms with E-state index in [0.29, 0.717) is 17.7 Å². The van der Waals surface area contributed by atoms with Crippen molar-refractivity contribution >= 4 is 16.9 Å². The van der Waals surface area contributed by atoms with Gasteiger partial charge in [0.15, 0.2) is 5.56 Å². The third kappa shape index (κ3) is 3.15. The van der Waals surface area contributed by atoms with E-state index in [2.05, 4.69) is 47.0 Å². The number of carbonyl (C=O) groups is 1. The molecule has 2 aliphatic rings. The zero-order valence-electron chi connectivity index (χ0n) is 17.8. The molecule has 2 aromatic heterocycles. The van der Waals surface area contributed by atoms with Gasteiger partial charge in [-0.2, -0.15) is 0 Å². The van der Waals surface area contributed by atoms with E-state index in [0.717, 1.165) is 41.4 Å². The van der Waals surface area contributed by atoms with Crippen LogP contribution in [0.3, 0.4) is 0 Å². The maximum absolute atomic E-state index is 12.4. The highest BCUT2D eigenvalue weighted by molar-refractivity contribution is 5.93. The van der Waals surface area contributed by atoms with Gasteiger partial charge in [-0.1, -0.05) is 0 Å². The van der Waals surface area contributed by atoms with E-state index in [9.17, 15) is 19.8 Å². The van der Waals surface area contributed by atoms with Crippen molar-refractivity contribution in [1.29, 1.82) is 0 Å². The van der Waals surface area contributed by atoms with Gasteiger partial charge in [0.1, 0.15) is 5.75 Å². The van der Waals surface area contributed by atoms with Gasteiger partial charge >= 0.3 is 5.97 Å². The number of aryl methyl sites for hydroxylation is 2. The third-order valence-corrected chi connectivity index (χ3v) is 7.17. The summed E-state index contributed by atoms with van der Waals surface area (Å²) in [5.41, 5.74) is 4.19. The number of nitrogens with zero attached hydrogens (tertiary/aromatic N) is 1. The maximum Gasteiger partial charge on any atom is 0.345 e. The van der Waals surface area contributed by atoms with Crippen LogP contribution in [0.15, 0.2) is 23.0 Å². The first-order valence-corrected chi connectivity index (χ1v) is 10.9. The molecule has 1 saturated carbocycles. The standard InChI is InChI=1S/C24H27N3O4/c1-24(7-4-8-24)25-12-15-9-14-10-17-13(11-18(14)27(15)2)5-3-6-16-20(17)26-22(29)19(21(16)28)23(30)31/h9-11,25H,3-8,12H2,1-2H3,(H,30,31)(H2,26,28,29). The van der Waals surface area contributed by atoms with E-state index in [4.69, 9.17) is 0 Å². The molecule has 0 radical (unpaired) electrons.